The van der Waals surface area contributed by atoms with Gasteiger partial charge in [-0.05, 0) is 42.4 Å². The summed E-state index contributed by atoms with van der Waals surface area (Å²) in [6.45, 7) is 2.67. The molecule has 0 saturated carbocycles. The van der Waals surface area contributed by atoms with E-state index in [4.69, 9.17) is 12.2 Å². The maximum atomic E-state index is 12.7. The van der Waals surface area contributed by atoms with E-state index >= 15 is 0 Å². The van der Waals surface area contributed by atoms with Gasteiger partial charge in [0.25, 0.3) is 5.91 Å². The number of benzene rings is 2. The molecule has 2 amide bonds. The first-order valence-corrected chi connectivity index (χ1v) is 10.4. The molecule has 0 bridgehead atoms. The quantitative estimate of drug-likeness (QED) is 0.462. The standard InChI is InChI=1S/C23H29N3O2S/c1-3-4-5-9-15-21(27)25-23(29)24-20-14-10-13-19(16-20)22(28)26(2)17-18-11-7-6-8-12-18/h6-8,10-14,16H,3-5,9,15,17H2,1-2H3,(H2,24,25,27,29). The lowest BCUT2D eigenvalue weighted by Gasteiger charge is -2.18. The molecule has 0 spiro atoms. The predicted molar refractivity (Wildman–Crippen MR) is 122 cm³/mol. The van der Waals surface area contributed by atoms with E-state index in [1.165, 1.54) is 0 Å². The number of thiocarbonyl (C=S) groups is 1. The van der Waals surface area contributed by atoms with Crippen LogP contribution in [0.15, 0.2) is 54.6 Å². The van der Waals surface area contributed by atoms with E-state index in [1.807, 2.05) is 36.4 Å². The molecule has 0 radical (unpaired) electrons. The van der Waals surface area contributed by atoms with Gasteiger partial charge in [-0.15, -0.1) is 0 Å². The van der Waals surface area contributed by atoms with Crippen LogP contribution in [0.1, 0.15) is 54.9 Å². The lowest BCUT2D eigenvalue weighted by Crippen LogP contribution is -2.34. The van der Waals surface area contributed by atoms with Gasteiger partial charge in [0, 0.05) is 31.3 Å². The number of unbranched alkanes of at least 4 members (excludes halogenated alkanes) is 3. The van der Waals surface area contributed by atoms with Crippen LogP contribution >= 0.6 is 12.2 Å². The zero-order valence-electron chi connectivity index (χ0n) is 17.1. The molecular weight excluding hydrogens is 382 g/mol. The van der Waals surface area contributed by atoms with Gasteiger partial charge in [0.2, 0.25) is 5.91 Å². The van der Waals surface area contributed by atoms with Gasteiger partial charge in [-0.3, -0.25) is 9.59 Å². The number of nitrogens with zero attached hydrogens (tertiary/aromatic N) is 1. The largest absolute Gasteiger partial charge is 0.337 e. The summed E-state index contributed by atoms with van der Waals surface area (Å²) in [6.07, 6.45) is 4.64. The van der Waals surface area contributed by atoms with Crippen molar-refractivity contribution in [1.82, 2.24) is 10.2 Å². The summed E-state index contributed by atoms with van der Waals surface area (Å²) in [5, 5.41) is 5.93. The third kappa shape index (κ3) is 8.03. The van der Waals surface area contributed by atoms with Crippen molar-refractivity contribution in [2.45, 2.75) is 45.6 Å². The SMILES string of the molecule is CCCCCCC(=O)NC(=S)Nc1cccc(C(=O)N(C)Cc2ccccc2)c1. The summed E-state index contributed by atoms with van der Waals surface area (Å²) in [5.74, 6) is -0.170. The Hall–Kier alpha value is -2.73. The maximum absolute atomic E-state index is 12.7. The molecule has 0 atom stereocenters. The Morgan fingerprint density at radius 2 is 1.76 bits per heavy atom. The van der Waals surface area contributed by atoms with Gasteiger partial charge in [-0.1, -0.05) is 62.6 Å². The number of hydrogen-bond acceptors (Lipinski definition) is 3. The number of rotatable bonds is 9. The summed E-state index contributed by atoms with van der Waals surface area (Å²) < 4.78 is 0. The molecule has 0 aliphatic carbocycles. The van der Waals surface area contributed by atoms with Crippen molar-refractivity contribution >= 4 is 34.8 Å². The molecular formula is C23H29N3O2S. The van der Waals surface area contributed by atoms with Crippen molar-refractivity contribution in [1.29, 1.82) is 0 Å². The first kappa shape index (κ1) is 22.6. The minimum absolute atomic E-state index is 0.0802. The van der Waals surface area contributed by atoms with Crippen LogP contribution in [0.5, 0.6) is 0 Å². The zero-order chi connectivity index (χ0) is 21.1. The molecule has 0 saturated heterocycles. The van der Waals surface area contributed by atoms with Crippen molar-refractivity contribution in [2.75, 3.05) is 12.4 Å². The second kappa shape index (κ2) is 12.0. The average Bonchev–Trinajstić information content (AvgIpc) is 2.71. The van der Waals surface area contributed by atoms with Gasteiger partial charge in [0.1, 0.15) is 0 Å². The van der Waals surface area contributed by atoms with Crippen LogP contribution in [0.25, 0.3) is 0 Å². The third-order valence-electron chi connectivity index (χ3n) is 4.49. The van der Waals surface area contributed by atoms with Gasteiger partial charge in [-0.2, -0.15) is 0 Å². The van der Waals surface area contributed by atoms with Crippen molar-refractivity contribution in [3.8, 4) is 0 Å². The van der Waals surface area contributed by atoms with Crippen LogP contribution < -0.4 is 10.6 Å². The van der Waals surface area contributed by atoms with Gasteiger partial charge in [0.05, 0.1) is 0 Å². The number of amides is 2. The van der Waals surface area contributed by atoms with Gasteiger partial charge in [0.15, 0.2) is 5.11 Å². The normalized spacial score (nSPS) is 10.3. The molecule has 0 heterocycles. The summed E-state index contributed by atoms with van der Waals surface area (Å²) in [4.78, 5) is 26.3. The van der Waals surface area contributed by atoms with Crippen molar-refractivity contribution < 1.29 is 9.59 Å². The van der Waals surface area contributed by atoms with Crippen molar-refractivity contribution in [3.05, 3.63) is 65.7 Å². The van der Waals surface area contributed by atoms with Crippen LogP contribution in [0, 0.1) is 0 Å². The molecule has 0 aliphatic rings. The third-order valence-corrected chi connectivity index (χ3v) is 4.69. The fourth-order valence-corrected chi connectivity index (χ4v) is 3.17. The molecule has 5 nitrogen and oxygen atoms in total. The lowest BCUT2D eigenvalue weighted by atomic mass is 10.1. The van der Waals surface area contributed by atoms with Gasteiger partial charge in [-0.25, -0.2) is 0 Å². The second-order valence-electron chi connectivity index (χ2n) is 7.04. The molecule has 2 aromatic carbocycles. The fraction of sp³-hybridized carbons (Fsp3) is 0.348. The highest BCUT2D eigenvalue weighted by Crippen LogP contribution is 2.14. The Labute approximate surface area is 178 Å². The van der Waals surface area contributed by atoms with Crippen LogP contribution in [0.3, 0.4) is 0 Å². The average molecular weight is 412 g/mol. The molecule has 0 unspecified atom stereocenters. The number of carbonyl (C=O) groups excluding carboxylic acids is 2. The molecule has 0 aliphatic heterocycles. The molecule has 29 heavy (non-hydrogen) atoms. The highest BCUT2D eigenvalue weighted by atomic mass is 32.1. The molecule has 154 valence electrons. The highest BCUT2D eigenvalue weighted by molar-refractivity contribution is 7.80. The van der Waals surface area contributed by atoms with Crippen LogP contribution in [-0.2, 0) is 11.3 Å². The Kier molecular flexibility index (Phi) is 9.31. The number of anilines is 1. The zero-order valence-corrected chi connectivity index (χ0v) is 17.9. The summed E-state index contributed by atoms with van der Waals surface area (Å²) in [7, 11) is 1.78. The monoisotopic (exact) mass is 411 g/mol. The Balaban J connectivity index is 1.88. The molecule has 2 rings (SSSR count). The Bertz CT molecular complexity index is 824. The van der Waals surface area contributed by atoms with Crippen LogP contribution in [-0.4, -0.2) is 28.9 Å². The van der Waals surface area contributed by atoms with Gasteiger partial charge < -0.3 is 15.5 Å². The van der Waals surface area contributed by atoms with Crippen LogP contribution in [0.2, 0.25) is 0 Å². The first-order valence-electron chi connectivity index (χ1n) is 10.00. The van der Waals surface area contributed by atoms with Crippen molar-refractivity contribution in [3.63, 3.8) is 0 Å². The number of carbonyl (C=O) groups is 2. The number of hydrogen-bond donors (Lipinski definition) is 2. The van der Waals surface area contributed by atoms with E-state index in [2.05, 4.69) is 17.6 Å². The minimum Gasteiger partial charge on any atom is -0.337 e. The molecule has 2 aromatic rings. The Morgan fingerprint density at radius 3 is 2.48 bits per heavy atom. The topological polar surface area (TPSA) is 61.4 Å². The molecule has 2 N–H and O–H groups in total. The van der Waals surface area contributed by atoms with Crippen molar-refractivity contribution in [2.24, 2.45) is 0 Å². The van der Waals surface area contributed by atoms with E-state index in [9.17, 15) is 9.59 Å². The van der Waals surface area contributed by atoms with E-state index in [-0.39, 0.29) is 16.9 Å². The lowest BCUT2D eigenvalue weighted by molar-refractivity contribution is -0.119. The summed E-state index contributed by atoms with van der Waals surface area (Å²) in [6, 6.07) is 17.0. The summed E-state index contributed by atoms with van der Waals surface area (Å²) >= 11 is 5.22. The maximum Gasteiger partial charge on any atom is 0.253 e. The number of nitrogens with one attached hydrogen (secondary N) is 2. The van der Waals surface area contributed by atoms with Crippen LogP contribution in [0.4, 0.5) is 5.69 Å². The first-order chi connectivity index (χ1) is 14.0. The molecule has 6 heteroatoms. The predicted octanol–water partition coefficient (Wildman–Crippen LogP) is 4.74. The Morgan fingerprint density at radius 1 is 1.00 bits per heavy atom. The second-order valence-corrected chi connectivity index (χ2v) is 7.45. The van der Waals surface area contributed by atoms with E-state index in [0.717, 1.165) is 31.2 Å². The highest BCUT2D eigenvalue weighted by Gasteiger charge is 2.13. The smallest absolute Gasteiger partial charge is 0.253 e. The summed E-state index contributed by atoms with van der Waals surface area (Å²) in [5.41, 5.74) is 2.29. The fourth-order valence-electron chi connectivity index (χ4n) is 2.94. The van der Waals surface area contributed by atoms with E-state index in [0.29, 0.717) is 24.2 Å². The minimum atomic E-state index is -0.0894. The van der Waals surface area contributed by atoms with Gasteiger partial charge >= 0.3 is 0 Å². The van der Waals surface area contributed by atoms with E-state index < -0.39 is 0 Å². The molecule has 0 fully saturated rings. The van der Waals surface area contributed by atoms with E-state index in [1.54, 1.807) is 30.1 Å². The molecule has 0 aromatic heterocycles.